The Bertz CT molecular complexity index is 560. The van der Waals surface area contributed by atoms with Crippen LogP contribution in [0.5, 0.6) is 0 Å². The zero-order chi connectivity index (χ0) is 13.9. The van der Waals surface area contributed by atoms with Crippen molar-refractivity contribution in [3.8, 4) is 0 Å². The Kier molecular flexibility index (Phi) is 4.17. The topological polar surface area (TPSA) is 41.0 Å². The molecule has 108 valence electrons. The van der Waals surface area contributed by atoms with Gasteiger partial charge >= 0.3 is 0 Å². The van der Waals surface area contributed by atoms with Crippen LogP contribution < -0.4 is 10.2 Å². The average Bonchev–Trinajstić information content (AvgIpc) is 2.94. The molecule has 1 saturated heterocycles. The first-order chi connectivity index (χ1) is 9.75. The molecule has 3 rings (SSSR count). The van der Waals surface area contributed by atoms with Crippen molar-refractivity contribution in [2.24, 2.45) is 5.92 Å². The number of thiophene rings is 1. The molecule has 0 aliphatic carbocycles. The van der Waals surface area contributed by atoms with Crippen molar-refractivity contribution in [1.82, 2.24) is 15.3 Å². The standard InChI is InChI=1S/C15H22N4S/c1-11(2)19(9-12-4-3-6-16-8-12)15-14-13(5-7-20-14)17-10-18-15/h5,7,10-12,16H,3-4,6,8-9H2,1-2H3. The van der Waals surface area contributed by atoms with Crippen LogP contribution in [0.2, 0.25) is 0 Å². The molecular formula is C15H22N4S. The van der Waals surface area contributed by atoms with E-state index in [1.165, 1.54) is 24.1 Å². The molecule has 2 aromatic heterocycles. The second-order valence-electron chi connectivity index (χ2n) is 5.79. The molecule has 0 bridgehead atoms. The van der Waals surface area contributed by atoms with Crippen LogP contribution in [0.1, 0.15) is 26.7 Å². The smallest absolute Gasteiger partial charge is 0.150 e. The van der Waals surface area contributed by atoms with Gasteiger partial charge in [-0.25, -0.2) is 9.97 Å². The van der Waals surface area contributed by atoms with Crippen molar-refractivity contribution >= 4 is 27.4 Å². The molecular weight excluding hydrogens is 268 g/mol. The van der Waals surface area contributed by atoms with Gasteiger partial charge in [0.15, 0.2) is 0 Å². The van der Waals surface area contributed by atoms with Crippen molar-refractivity contribution < 1.29 is 0 Å². The van der Waals surface area contributed by atoms with Gasteiger partial charge in [0.05, 0.1) is 10.2 Å². The number of piperidine rings is 1. The van der Waals surface area contributed by atoms with E-state index in [0.29, 0.717) is 6.04 Å². The number of nitrogens with one attached hydrogen (secondary N) is 1. The zero-order valence-electron chi connectivity index (χ0n) is 12.2. The summed E-state index contributed by atoms with van der Waals surface area (Å²) in [5, 5.41) is 5.61. The zero-order valence-corrected chi connectivity index (χ0v) is 13.0. The van der Waals surface area contributed by atoms with Crippen molar-refractivity contribution in [2.75, 3.05) is 24.5 Å². The maximum absolute atomic E-state index is 4.57. The first kappa shape index (κ1) is 13.8. The molecule has 0 saturated carbocycles. The minimum Gasteiger partial charge on any atom is -0.353 e. The van der Waals surface area contributed by atoms with Gasteiger partial charge in [-0.2, -0.15) is 0 Å². The third-order valence-corrected chi connectivity index (χ3v) is 4.87. The molecule has 0 aromatic carbocycles. The van der Waals surface area contributed by atoms with Crippen molar-refractivity contribution in [3.63, 3.8) is 0 Å². The van der Waals surface area contributed by atoms with Gasteiger partial charge in [0, 0.05) is 12.6 Å². The summed E-state index contributed by atoms with van der Waals surface area (Å²) in [6.07, 6.45) is 4.29. The summed E-state index contributed by atoms with van der Waals surface area (Å²) in [5.41, 5.74) is 1.06. The van der Waals surface area contributed by atoms with E-state index in [2.05, 4.69) is 45.5 Å². The number of aromatic nitrogens is 2. The SMILES string of the molecule is CC(C)N(CC1CCCNC1)c1ncnc2ccsc12. The number of hydrogen-bond donors (Lipinski definition) is 1. The van der Waals surface area contributed by atoms with Crippen molar-refractivity contribution in [2.45, 2.75) is 32.7 Å². The highest BCUT2D eigenvalue weighted by Gasteiger charge is 2.22. The van der Waals surface area contributed by atoms with Gasteiger partial charge in [-0.1, -0.05) is 0 Å². The lowest BCUT2D eigenvalue weighted by molar-refractivity contribution is 0.370. The lowest BCUT2D eigenvalue weighted by Gasteiger charge is -2.33. The van der Waals surface area contributed by atoms with Crippen molar-refractivity contribution in [1.29, 1.82) is 0 Å². The average molecular weight is 290 g/mol. The molecule has 1 aliphatic rings. The maximum atomic E-state index is 4.57. The summed E-state index contributed by atoms with van der Waals surface area (Å²) >= 11 is 1.74. The summed E-state index contributed by atoms with van der Waals surface area (Å²) in [4.78, 5) is 11.4. The molecule has 2 aromatic rings. The van der Waals surface area contributed by atoms with Gasteiger partial charge < -0.3 is 10.2 Å². The fourth-order valence-electron chi connectivity index (χ4n) is 2.88. The van der Waals surface area contributed by atoms with Crippen molar-refractivity contribution in [3.05, 3.63) is 17.8 Å². The van der Waals surface area contributed by atoms with Gasteiger partial charge in [-0.15, -0.1) is 11.3 Å². The largest absolute Gasteiger partial charge is 0.353 e. The molecule has 3 heterocycles. The second kappa shape index (κ2) is 6.06. The summed E-state index contributed by atoms with van der Waals surface area (Å²) in [6, 6.07) is 2.53. The first-order valence-corrected chi connectivity index (χ1v) is 8.29. The molecule has 20 heavy (non-hydrogen) atoms. The summed E-state index contributed by atoms with van der Waals surface area (Å²) < 4.78 is 1.21. The molecule has 1 aliphatic heterocycles. The molecule has 1 atom stereocenters. The number of hydrogen-bond acceptors (Lipinski definition) is 5. The first-order valence-electron chi connectivity index (χ1n) is 7.41. The quantitative estimate of drug-likeness (QED) is 0.940. The molecule has 1 N–H and O–H groups in total. The number of nitrogens with zero attached hydrogens (tertiary/aromatic N) is 3. The van der Waals surface area contributed by atoms with Gasteiger partial charge in [-0.05, 0) is 57.1 Å². The Morgan fingerprint density at radius 2 is 2.35 bits per heavy atom. The molecule has 0 spiro atoms. The molecule has 5 heteroatoms. The van der Waals surface area contributed by atoms with Crippen LogP contribution >= 0.6 is 11.3 Å². The summed E-state index contributed by atoms with van der Waals surface area (Å²) in [5.74, 6) is 1.82. The predicted molar refractivity (Wildman–Crippen MR) is 85.5 cm³/mol. The van der Waals surface area contributed by atoms with Gasteiger partial charge in [0.2, 0.25) is 0 Å². The van der Waals surface area contributed by atoms with Crippen LogP contribution in [0.3, 0.4) is 0 Å². The van der Waals surface area contributed by atoms with Crippen LogP contribution in [0, 0.1) is 5.92 Å². The van der Waals surface area contributed by atoms with Gasteiger partial charge in [0.1, 0.15) is 12.1 Å². The van der Waals surface area contributed by atoms with Crippen LogP contribution in [-0.4, -0.2) is 35.6 Å². The highest BCUT2D eigenvalue weighted by atomic mass is 32.1. The number of anilines is 1. The second-order valence-corrected chi connectivity index (χ2v) is 6.71. The van der Waals surface area contributed by atoms with E-state index in [0.717, 1.165) is 30.3 Å². The minimum atomic E-state index is 0.456. The Hall–Kier alpha value is -1.20. The summed E-state index contributed by atoms with van der Waals surface area (Å²) in [7, 11) is 0. The third kappa shape index (κ3) is 2.79. The predicted octanol–water partition coefficient (Wildman–Crippen LogP) is 2.91. The van der Waals surface area contributed by atoms with Crippen LogP contribution in [0.4, 0.5) is 5.82 Å². The molecule has 0 amide bonds. The van der Waals surface area contributed by atoms with E-state index >= 15 is 0 Å². The number of rotatable bonds is 4. The Morgan fingerprint density at radius 1 is 1.45 bits per heavy atom. The van der Waals surface area contributed by atoms with Gasteiger partial charge in [0.25, 0.3) is 0 Å². The normalized spacial score (nSPS) is 19.6. The molecule has 1 fully saturated rings. The monoisotopic (exact) mass is 290 g/mol. The molecule has 0 radical (unpaired) electrons. The highest BCUT2D eigenvalue weighted by Crippen LogP contribution is 2.30. The fourth-order valence-corrected chi connectivity index (χ4v) is 3.73. The van der Waals surface area contributed by atoms with Crippen LogP contribution in [-0.2, 0) is 0 Å². The minimum absolute atomic E-state index is 0.456. The number of fused-ring (bicyclic) bond motifs is 1. The Balaban J connectivity index is 1.87. The van der Waals surface area contributed by atoms with E-state index < -0.39 is 0 Å². The molecule has 4 nitrogen and oxygen atoms in total. The Morgan fingerprint density at radius 3 is 3.10 bits per heavy atom. The lowest BCUT2D eigenvalue weighted by Crippen LogP contribution is -2.41. The van der Waals surface area contributed by atoms with E-state index in [4.69, 9.17) is 0 Å². The van der Waals surface area contributed by atoms with E-state index in [1.54, 1.807) is 17.7 Å². The van der Waals surface area contributed by atoms with Gasteiger partial charge in [-0.3, -0.25) is 0 Å². The third-order valence-electron chi connectivity index (χ3n) is 3.97. The van der Waals surface area contributed by atoms with Crippen LogP contribution in [0.25, 0.3) is 10.2 Å². The highest BCUT2D eigenvalue weighted by molar-refractivity contribution is 7.17. The van der Waals surface area contributed by atoms with Crippen LogP contribution in [0.15, 0.2) is 17.8 Å². The van der Waals surface area contributed by atoms with E-state index in [9.17, 15) is 0 Å². The summed E-state index contributed by atoms with van der Waals surface area (Å²) in [6.45, 7) is 7.87. The lowest BCUT2D eigenvalue weighted by atomic mass is 9.98. The molecule has 1 unspecified atom stereocenters. The fraction of sp³-hybridized carbons (Fsp3) is 0.600. The van der Waals surface area contributed by atoms with E-state index in [1.807, 2.05) is 0 Å². The maximum Gasteiger partial charge on any atom is 0.150 e. The van der Waals surface area contributed by atoms with E-state index in [-0.39, 0.29) is 0 Å². The Labute approximate surface area is 124 Å².